The fraction of sp³-hybridized carbons (Fsp3) is 0.0476. The zero-order valence-corrected chi connectivity index (χ0v) is 15.8. The van der Waals surface area contributed by atoms with Gasteiger partial charge < -0.3 is 9.73 Å². The maximum Gasteiger partial charge on any atom is 0.221 e. The lowest BCUT2D eigenvalue weighted by Gasteiger charge is -2.03. The Hall–Kier alpha value is -2.82. The second-order valence-electron chi connectivity index (χ2n) is 5.79. The molecule has 27 heavy (non-hydrogen) atoms. The second kappa shape index (κ2) is 8.25. The molecule has 6 heteroatoms. The number of benzene rings is 2. The average molecular weight is 400 g/mol. The predicted molar refractivity (Wildman–Crippen MR) is 108 cm³/mol. The molecule has 0 fully saturated rings. The third kappa shape index (κ3) is 4.88. The van der Waals surface area contributed by atoms with Crippen molar-refractivity contribution < 1.29 is 14.0 Å². The van der Waals surface area contributed by atoms with Crippen molar-refractivity contribution in [2.45, 2.75) is 6.92 Å². The van der Waals surface area contributed by atoms with Crippen LogP contribution in [-0.4, -0.2) is 11.7 Å². The molecule has 0 radical (unpaired) electrons. The molecule has 3 aromatic rings. The highest BCUT2D eigenvalue weighted by Crippen LogP contribution is 2.29. The van der Waals surface area contributed by atoms with Crippen molar-refractivity contribution >= 4 is 46.7 Å². The summed E-state index contributed by atoms with van der Waals surface area (Å²) in [6.07, 6.45) is 3.01. The minimum Gasteiger partial charge on any atom is -0.457 e. The van der Waals surface area contributed by atoms with E-state index in [1.807, 2.05) is 0 Å². The molecule has 0 aliphatic carbocycles. The second-order valence-corrected chi connectivity index (χ2v) is 6.60. The summed E-state index contributed by atoms with van der Waals surface area (Å²) in [6.45, 7) is 1.41. The molecule has 0 saturated carbocycles. The van der Waals surface area contributed by atoms with Gasteiger partial charge in [-0.05, 0) is 54.6 Å². The van der Waals surface area contributed by atoms with Gasteiger partial charge >= 0.3 is 0 Å². The van der Waals surface area contributed by atoms with E-state index in [9.17, 15) is 9.59 Å². The Bertz CT molecular complexity index is 1040. The van der Waals surface area contributed by atoms with Crippen LogP contribution in [0.2, 0.25) is 10.0 Å². The smallest absolute Gasteiger partial charge is 0.221 e. The molecular weight excluding hydrogens is 385 g/mol. The number of rotatable bonds is 5. The Labute approximate surface area is 166 Å². The quantitative estimate of drug-likeness (QED) is 0.415. The first-order valence-corrected chi connectivity index (χ1v) is 8.83. The van der Waals surface area contributed by atoms with E-state index in [1.54, 1.807) is 60.7 Å². The molecule has 136 valence electrons. The van der Waals surface area contributed by atoms with E-state index in [0.29, 0.717) is 32.8 Å². The van der Waals surface area contributed by atoms with Crippen LogP contribution in [0.5, 0.6) is 0 Å². The van der Waals surface area contributed by atoms with Crippen molar-refractivity contribution in [2.24, 2.45) is 0 Å². The number of halogens is 2. The predicted octanol–water partition coefficient (Wildman–Crippen LogP) is 6.11. The normalized spacial score (nSPS) is 10.9. The van der Waals surface area contributed by atoms with E-state index in [1.165, 1.54) is 13.0 Å². The summed E-state index contributed by atoms with van der Waals surface area (Å²) in [5, 5.41) is 3.56. The van der Waals surface area contributed by atoms with Crippen molar-refractivity contribution in [1.29, 1.82) is 0 Å². The van der Waals surface area contributed by atoms with E-state index < -0.39 is 0 Å². The Morgan fingerprint density at radius 2 is 1.81 bits per heavy atom. The first kappa shape index (κ1) is 19.0. The molecular formula is C21H15Cl2NO3. The molecule has 4 nitrogen and oxygen atoms in total. The number of anilines is 1. The lowest BCUT2D eigenvalue weighted by atomic mass is 10.1. The van der Waals surface area contributed by atoms with Gasteiger partial charge in [0, 0.05) is 23.7 Å². The van der Waals surface area contributed by atoms with Gasteiger partial charge in [0.15, 0.2) is 5.78 Å². The number of nitrogens with one attached hydrogen (secondary N) is 1. The summed E-state index contributed by atoms with van der Waals surface area (Å²) in [5.74, 6) is 0.756. The van der Waals surface area contributed by atoms with E-state index in [0.717, 1.165) is 5.56 Å². The molecule has 2 aromatic carbocycles. The van der Waals surface area contributed by atoms with Gasteiger partial charge in [0.25, 0.3) is 0 Å². The van der Waals surface area contributed by atoms with Crippen LogP contribution in [0.15, 0.2) is 65.1 Å². The van der Waals surface area contributed by atoms with Crippen LogP contribution in [-0.2, 0) is 4.79 Å². The third-order valence-corrected chi connectivity index (χ3v) is 4.44. The van der Waals surface area contributed by atoms with Crippen LogP contribution in [0.4, 0.5) is 5.69 Å². The summed E-state index contributed by atoms with van der Waals surface area (Å²) < 4.78 is 5.73. The van der Waals surface area contributed by atoms with Gasteiger partial charge in [0.05, 0.1) is 10.0 Å². The number of carbonyl (C=O) groups excluding carboxylic acids is 2. The molecule has 0 aliphatic rings. The molecule has 1 heterocycles. The molecule has 0 saturated heterocycles. The first-order valence-electron chi connectivity index (χ1n) is 8.08. The standard InChI is InChI=1S/C21H15Cl2NO3/c1-13(25)24-16-4-2-3-14(11-16)20(26)9-6-17-7-10-21(27-17)15-5-8-18(22)19(23)12-15/h2-12H,1H3,(H,24,25)/b9-6+. The van der Waals surface area contributed by atoms with Crippen LogP contribution >= 0.6 is 23.2 Å². The van der Waals surface area contributed by atoms with Crippen molar-refractivity contribution in [3.05, 3.63) is 82.0 Å². The van der Waals surface area contributed by atoms with Gasteiger partial charge in [-0.25, -0.2) is 0 Å². The number of amides is 1. The fourth-order valence-electron chi connectivity index (χ4n) is 2.45. The maximum atomic E-state index is 12.3. The Balaban J connectivity index is 1.74. The van der Waals surface area contributed by atoms with Crippen molar-refractivity contribution in [3.8, 4) is 11.3 Å². The van der Waals surface area contributed by atoms with Crippen LogP contribution in [0, 0.1) is 0 Å². The van der Waals surface area contributed by atoms with Gasteiger partial charge in [-0.15, -0.1) is 0 Å². The summed E-state index contributed by atoms with van der Waals surface area (Å²) in [7, 11) is 0. The lowest BCUT2D eigenvalue weighted by molar-refractivity contribution is -0.114. The summed E-state index contributed by atoms with van der Waals surface area (Å²) in [5.41, 5.74) is 1.83. The molecule has 1 N–H and O–H groups in total. The molecule has 1 amide bonds. The Kier molecular flexibility index (Phi) is 5.79. The van der Waals surface area contributed by atoms with E-state index >= 15 is 0 Å². The first-order chi connectivity index (χ1) is 12.9. The third-order valence-electron chi connectivity index (χ3n) is 3.70. The largest absolute Gasteiger partial charge is 0.457 e. The molecule has 0 atom stereocenters. The highest BCUT2D eigenvalue weighted by atomic mass is 35.5. The minimum atomic E-state index is -0.199. The number of hydrogen-bond donors (Lipinski definition) is 1. The molecule has 0 bridgehead atoms. The summed E-state index contributed by atoms with van der Waals surface area (Å²) in [6, 6.07) is 15.5. The van der Waals surface area contributed by atoms with Crippen molar-refractivity contribution in [2.75, 3.05) is 5.32 Å². The monoisotopic (exact) mass is 399 g/mol. The van der Waals surface area contributed by atoms with E-state index in [4.69, 9.17) is 27.6 Å². The van der Waals surface area contributed by atoms with Crippen LogP contribution < -0.4 is 5.32 Å². The van der Waals surface area contributed by atoms with E-state index in [2.05, 4.69) is 5.32 Å². The molecule has 0 spiro atoms. The van der Waals surface area contributed by atoms with E-state index in [-0.39, 0.29) is 11.7 Å². The molecule has 1 aromatic heterocycles. The number of furan rings is 1. The van der Waals surface area contributed by atoms with Crippen molar-refractivity contribution in [1.82, 2.24) is 0 Å². The average Bonchev–Trinajstić information content (AvgIpc) is 3.10. The number of hydrogen-bond acceptors (Lipinski definition) is 3. The highest BCUT2D eigenvalue weighted by Gasteiger charge is 2.07. The Morgan fingerprint density at radius 3 is 2.56 bits per heavy atom. The molecule has 0 aliphatic heterocycles. The fourth-order valence-corrected chi connectivity index (χ4v) is 2.75. The molecule has 3 rings (SSSR count). The number of allylic oxidation sites excluding steroid dienone is 1. The number of ketones is 1. The van der Waals surface area contributed by atoms with Crippen LogP contribution in [0.1, 0.15) is 23.0 Å². The highest BCUT2D eigenvalue weighted by molar-refractivity contribution is 6.42. The SMILES string of the molecule is CC(=O)Nc1cccc(C(=O)/C=C/c2ccc(-c3ccc(Cl)c(Cl)c3)o2)c1. The lowest BCUT2D eigenvalue weighted by Crippen LogP contribution is -2.06. The zero-order chi connectivity index (χ0) is 19.4. The van der Waals surface area contributed by atoms with Gasteiger partial charge in [0.2, 0.25) is 5.91 Å². The Morgan fingerprint density at radius 1 is 1.00 bits per heavy atom. The topological polar surface area (TPSA) is 59.3 Å². The zero-order valence-electron chi connectivity index (χ0n) is 14.3. The maximum absolute atomic E-state index is 12.3. The summed E-state index contributed by atoms with van der Waals surface area (Å²) in [4.78, 5) is 23.5. The van der Waals surface area contributed by atoms with Crippen molar-refractivity contribution in [3.63, 3.8) is 0 Å². The minimum absolute atomic E-state index is 0.194. The van der Waals surface area contributed by atoms with Gasteiger partial charge in [-0.3, -0.25) is 9.59 Å². The molecule has 0 unspecified atom stereocenters. The van der Waals surface area contributed by atoms with Gasteiger partial charge in [-0.1, -0.05) is 35.3 Å². The van der Waals surface area contributed by atoms with Gasteiger partial charge in [0.1, 0.15) is 11.5 Å². The van der Waals surface area contributed by atoms with Gasteiger partial charge in [-0.2, -0.15) is 0 Å². The van der Waals surface area contributed by atoms with Crippen LogP contribution in [0.3, 0.4) is 0 Å². The summed E-state index contributed by atoms with van der Waals surface area (Å²) >= 11 is 11.9. The number of carbonyl (C=O) groups is 2. The van der Waals surface area contributed by atoms with Crippen LogP contribution in [0.25, 0.3) is 17.4 Å².